The van der Waals surface area contributed by atoms with E-state index in [4.69, 9.17) is 10.8 Å². The molecule has 7 heteroatoms. The van der Waals surface area contributed by atoms with Gasteiger partial charge in [0.1, 0.15) is 0 Å². The van der Waals surface area contributed by atoms with E-state index in [0.29, 0.717) is 0 Å². The van der Waals surface area contributed by atoms with Gasteiger partial charge in [-0.2, -0.15) is 5.10 Å². The molecule has 0 saturated carbocycles. The lowest BCUT2D eigenvalue weighted by atomic mass is 10.0. The second-order valence-electron chi connectivity index (χ2n) is 7.82. The number of nitrogens with zero attached hydrogens (tertiary/aromatic N) is 4. The maximum Gasteiger partial charge on any atom is 0.231 e. The Kier molecular flexibility index (Phi) is 12.2. The lowest BCUT2D eigenvalue weighted by molar-refractivity contribution is -0.117. The molecule has 31 heavy (non-hydrogen) atoms. The van der Waals surface area contributed by atoms with E-state index in [1.165, 1.54) is 0 Å². The van der Waals surface area contributed by atoms with E-state index < -0.39 is 5.91 Å². The van der Waals surface area contributed by atoms with Crippen LogP contribution in [0.4, 0.5) is 0 Å². The summed E-state index contributed by atoms with van der Waals surface area (Å²) >= 11 is 0. The Hall–Kier alpha value is -2.67. The van der Waals surface area contributed by atoms with Crippen LogP contribution in [0.1, 0.15) is 52.9 Å². The Morgan fingerprint density at radius 2 is 2.10 bits per heavy atom. The number of hydrogen-bond acceptors (Lipinski definition) is 6. The van der Waals surface area contributed by atoms with Crippen molar-refractivity contribution in [3.8, 4) is 0 Å². The molecule has 0 fully saturated rings. The van der Waals surface area contributed by atoms with Crippen molar-refractivity contribution in [3.63, 3.8) is 0 Å². The van der Waals surface area contributed by atoms with E-state index in [-0.39, 0.29) is 12.7 Å². The summed E-state index contributed by atoms with van der Waals surface area (Å²) in [5, 5.41) is 10.1. The second-order valence-corrected chi connectivity index (χ2v) is 7.82. The van der Waals surface area contributed by atoms with Gasteiger partial charge in [0, 0.05) is 38.6 Å². The first-order chi connectivity index (χ1) is 14.8. The largest absolute Gasteiger partial charge is 0.383 e. The van der Waals surface area contributed by atoms with Gasteiger partial charge < -0.3 is 10.6 Å². The lowest BCUT2D eigenvalue weighted by Crippen LogP contribution is -2.44. The zero-order valence-electron chi connectivity index (χ0n) is 19.9. The number of amides is 1. The molecule has 172 valence electrons. The summed E-state index contributed by atoms with van der Waals surface area (Å²) in [6, 6.07) is 0. The van der Waals surface area contributed by atoms with Crippen molar-refractivity contribution in [2.45, 2.75) is 59.0 Å². The Labute approximate surface area is 188 Å². The Morgan fingerprint density at radius 3 is 2.71 bits per heavy atom. The minimum atomic E-state index is -0.403. The molecular weight excluding hydrogens is 388 g/mol. The maximum absolute atomic E-state index is 11.3. The molecule has 1 unspecified atom stereocenters. The van der Waals surface area contributed by atoms with Gasteiger partial charge >= 0.3 is 0 Å². The van der Waals surface area contributed by atoms with Gasteiger partial charge in [0.15, 0.2) is 0 Å². The number of carbonyl (C=O) groups excluding carboxylic acids is 1. The zero-order chi connectivity index (χ0) is 23.2. The van der Waals surface area contributed by atoms with Crippen molar-refractivity contribution >= 4 is 17.8 Å². The van der Waals surface area contributed by atoms with E-state index in [1.807, 2.05) is 43.3 Å². The van der Waals surface area contributed by atoms with Crippen molar-refractivity contribution < 1.29 is 4.79 Å². The third-order valence-corrected chi connectivity index (χ3v) is 4.64. The standard InChI is InChI=1S/C24H40N6O/c1-7-15-26-16-21(18-29(5)6)24(19(3)8-2)28-30(20(4)27-17-23(25)31)22-13-11-9-10-12-14-22/h11,13-14,16,18,20,27H,3,7-10,12,15,17H2,1-2,4-6H3,(H2,25,31)/b21-18+,26-16?,28-24+. The van der Waals surface area contributed by atoms with Gasteiger partial charge in [0.05, 0.1) is 24.1 Å². The van der Waals surface area contributed by atoms with Crippen LogP contribution in [0.2, 0.25) is 0 Å². The molecule has 1 atom stereocenters. The fourth-order valence-corrected chi connectivity index (χ4v) is 2.96. The van der Waals surface area contributed by atoms with E-state index in [9.17, 15) is 4.79 Å². The molecule has 0 bridgehead atoms. The summed E-state index contributed by atoms with van der Waals surface area (Å²) in [6.45, 7) is 11.2. The SMILES string of the molecule is C=C(CC)C(=N\N(C1=CCCCC=C1)C(C)NCC(N)=O)/C(C=NCCC)=C/N(C)C. The van der Waals surface area contributed by atoms with Crippen LogP contribution in [0.5, 0.6) is 0 Å². The van der Waals surface area contributed by atoms with Crippen LogP contribution >= 0.6 is 0 Å². The lowest BCUT2D eigenvalue weighted by Gasteiger charge is -2.29. The predicted molar refractivity (Wildman–Crippen MR) is 132 cm³/mol. The van der Waals surface area contributed by atoms with Crippen molar-refractivity contribution in [1.29, 1.82) is 0 Å². The van der Waals surface area contributed by atoms with Crippen LogP contribution in [0.3, 0.4) is 0 Å². The Morgan fingerprint density at radius 1 is 1.35 bits per heavy atom. The number of nitrogens with one attached hydrogen (secondary N) is 1. The third-order valence-electron chi connectivity index (χ3n) is 4.64. The number of nitrogens with two attached hydrogens (primary N) is 1. The number of carbonyl (C=O) groups is 1. The van der Waals surface area contributed by atoms with Crippen LogP contribution < -0.4 is 11.1 Å². The van der Waals surface area contributed by atoms with Crippen LogP contribution in [0, 0.1) is 0 Å². The quantitative estimate of drug-likeness (QED) is 0.267. The summed E-state index contributed by atoms with van der Waals surface area (Å²) < 4.78 is 0. The molecule has 1 aliphatic rings. The Balaban J connectivity index is 3.51. The molecule has 7 nitrogen and oxygen atoms in total. The van der Waals surface area contributed by atoms with Crippen molar-refractivity contribution in [3.05, 3.63) is 47.9 Å². The van der Waals surface area contributed by atoms with Gasteiger partial charge in [-0.15, -0.1) is 0 Å². The highest BCUT2D eigenvalue weighted by Crippen LogP contribution is 2.20. The number of primary amides is 1. The first kappa shape index (κ1) is 26.4. The van der Waals surface area contributed by atoms with Crippen LogP contribution in [0.15, 0.2) is 57.9 Å². The fourth-order valence-electron chi connectivity index (χ4n) is 2.96. The van der Waals surface area contributed by atoms with Crippen molar-refractivity contribution in [2.24, 2.45) is 15.8 Å². The Bertz CT molecular complexity index is 745. The summed E-state index contributed by atoms with van der Waals surface area (Å²) in [5.41, 5.74) is 8.94. The highest BCUT2D eigenvalue weighted by Gasteiger charge is 2.19. The molecule has 3 N–H and O–H groups in total. The molecule has 0 saturated heterocycles. The number of aliphatic imine (C=N–C) groups is 1. The highest BCUT2D eigenvalue weighted by molar-refractivity contribution is 6.23. The first-order valence-corrected chi connectivity index (χ1v) is 11.1. The summed E-state index contributed by atoms with van der Waals surface area (Å²) in [6.07, 6.45) is 14.9. The third kappa shape index (κ3) is 9.79. The van der Waals surface area contributed by atoms with E-state index >= 15 is 0 Å². The summed E-state index contributed by atoms with van der Waals surface area (Å²) in [7, 11) is 3.96. The topological polar surface area (TPSA) is 86.3 Å². The molecule has 0 aliphatic heterocycles. The van der Waals surface area contributed by atoms with Gasteiger partial charge in [-0.25, -0.2) is 5.01 Å². The second kappa shape index (κ2) is 14.4. The fraction of sp³-hybridized carbons (Fsp3) is 0.542. The molecule has 1 rings (SSSR count). The van der Waals surface area contributed by atoms with Gasteiger partial charge in [0.25, 0.3) is 0 Å². The van der Waals surface area contributed by atoms with Gasteiger partial charge in [-0.05, 0) is 50.7 Å². The van der Waals surface area contributed by atoms with Gasteiger partial charge in [0.2, 0.25) is 5.91 Å². The molecule has 0 spiro atoms. The highest BCUT2D eigenvalue weighted by atomic mass is 16.1. The molecular formula is C24H40N6O. The average Bonchev–Trinajstić information content (AvgIpc) is 3.01. The van der Waals surface area contributed by atoms with Gasteiger partial charge in [-0.3, -0.25) is 15.1 Å². The normalized spacial score (nSPS) is 16.1. The van der Waals surface area contributed by atoms with E-state index in [2.05, 4.69) is 49.0 Å². The van der Waals surface area contributed by atoms with Crippen molar-refractivity contribution in [1.82, 2.24) is 15.2 Å². The predicted octanol–water partition coefficient (Wildman–Crippen LogP) is 3.58. The molecule has 0 aromatic carbocycles. The minimum Gasteiger partial charge on any atom is -0.383 e. The summed E-state index contributed by atoms with van der Waals surface area (Å²) in [5.74, 6) is -0.403. The number of hydrogen-bond donors (Lipinski definition) is 2. The van der Waals surface area contributed by atoms with Gasteiger partial charge in [-0.1, -0.05) is 32.6 Å². The monoisotopic (exact) mass is 428 g/mol. The molecule has 0 radical (unpaired) electrons. The maximum atomic E-state index is 11.3. The van der Waals surface area contributed by atoms with E-state index in [1.54, 1.807) is 0 Å². The molecule has 0 heterocycles. The molecule has 1 amide bonds. The summed E-state index contributed by atoms with van der Waals surface area (Å²) in [4.78, 5) is 17.9. The molecule has 0 aromatic heterocycles. The van der Waals surface area contributed by atoms with Crippen molar-refractivity contribution in [2.75, 3.05) is 27.2 Å². The molecule has 0 aromatic rings. The van der Waals surface area contributed by atoms with Crippen LogP contribution in [0.25, 0.3) is 0 Å². The zero-order valence-corrected chi connectivity index (χ0v) is 19.9. The van der Waals surface area contributed by atoms with Crippen LogP contribution in [-0.4, -0.2) is 61.1 Å². The smallest absolute Gasteiger partial charge is 0.231 e. The minimum absolute atomic E-state index is 0.0760. The number of rotatable bonds is 13. The molecule has 1 aliphatic carbocycles. The number of hydrazone groups is 1. The van der Waals surface area contributed by atoms with Crippen LogP contribution in [-0.2, 0) is 4.79 Å². The first-order valence-electron chi connectivity index (χ1n) is 11.1. The average molecular weight is 429 g/mol. The van der Waals surface area contributed by atoms with E-state index in [0.717, 1.165) is 61.2 Å². The number of allylic oxidation sites excluding steroid dienone is 5.